The number of amides is 1. The van der Waals surface area contributed by atoms with Gasteiger partial charge in [0.1, 0.15) is 5.75 Å². The van der Waals surface area contributed by atoms with Gasteiger partial charge >= 0.3 is 0 Å². The molecule has 6 heteroatoms. The van der Waals surface area contributed by atoms with Gasteiger partial charge in [0.15, 0.2) is 0 Å². The van der Waals surface area contributed by atoms with Gasteiger partial charge in [0.2, 0.25) is 5.91 Å². The summed E-state index contributed by atoms with van der Waals surface area (Å²) in [5, 5.41) is 0. The molecule has 2 bridgehead atoms. The van der Waals surface area contributed by atoms with Crippen LogP contribution in [-0.4, -0.2) is 60.6 Å². The van der Waals surface area contributed by atoms with Gasteiger partial charge in [-0.3, -0.25) is 4.79 Å². The topological polar surface area (TPSA) is 58.8 Å². The van der Waals surface area contributed by atoms with E-state index in [9.17, 15) is 4.79 Å². The summed E-state index contributed by atoms with van der Waals surface area (Å²) in [6.07, 6.45) is 1.08. The molecule has 2 heterocycles. The number of anilines is 1. The number of hydrogen-bond donors (Lipinski definition) is 1. The summed E-state index contributed by atoms with van der Waals surface area (Å²) in [5.74, 6) is 2.59. The molecule has 2 aliphatic heterocycles. The number of rotatable bonds is 7. The minimum atomic E-state index is 0.266. The van der Waals surface area contributed by atoms with Gasteiger partial charge in [-0.15, -0.1) is 0 Å². The van der Waals surface area contributed by atoms with Gasteiger partial charge in [0.05, 0.1) is 18.4 Å². The van der Waals surface area contributed by atoms with Crippen molar-refractivity contribution in [1.29, 1.82) is 0 Å². The first-order valence-electron chi connectivity index (χ1n) is 8.29. The lowest BCUT2D eigenvalue weighted by molar-refractivity contribution is -0.129. The molecule has 0 radical (unpaired) electrons. The van der Waals surface area contributed by atoms with E-state index in [4.69, 9.17) is 10.5 Å². The van der Waals surface area contributed by atoms with Crippen LogP contribution >= 0.6 is 11.8 Å². The van der Waals surface area contributed by atoms with Crippen LogP contribution in [-0.2, 0) is 4.79 Å². The predicted octanol–water partition coefficient (Wildman–Crippen LogP) is 1.57. The maximum atomic E-state index is 12.3. The molecule has 1 aromatic carbocycles. The van der Waals surface area contributed by atoms with Crippen LogP contribution in [0.5, 0.6) is 5.75 Å². The number of likely N-dealkylation sites (tertiary alicyclic amines) is 1. The van der Waals surface area contributed by atoms with Crippen molar-refractivity contribution in [3.63, 3.8) is 0 Å². The first-order valence-corrected chi connectivity index (χ1v) is 9.45. The summed E-state index contributed by atoms with van der Waals surface area (Å²) in [4.78, 5) is 16.8. The number of benzene rings is 1. The number of carbonyl (C=O) groups excluding carboxylic acids is 1. The summed E-state index contributed by atoms with van der Waals surface area (Å²) in [6, 6.07) is 9.09. The Bertz CT molecular complexity index is 537. The predicted molar refractivity (Wildman–Crippen MR) is 95.2 cm³/mol. The zero-order valence-corrected chi connectivity index (χ0v) is 14.4. The average Bonchev–Trinajstić information content (AvgIpc) is 3.16. The summed E-state index contributed by atoms with van der Waals surface area (Å²) in [7, 11) is 0. The minimum absolute atomic E-state index is 0.266. The van der Waals surface area contributed by atoms with Crippen molar-refractivity contribution >= 4 is 23.4 Å². The molecular formula is C17H25N3O2S. The van der Waals surface area contributed by atoms with Crippen LogP contribution < -0.4 is 15.4 Å². The minimum Gasteiger partial charge on any atom is -0.494 e. The van der Waals surface area contributed by atoms with Crippen LogP contribution in [0.4, 0.5) is 5.69 Å². The molecule has 23 heavy (non-hydrogen) atoms. The third-order valence-corrected chi connectivity index (χ3v) is 5.50. The highest BCUT2D eigenvalue weighted by atomic mass is 32.2. The van der Waals surface area contributed by atoms with E-state index in [1.165, 1.54) is 5.69 Å². The zero-order valence-electron chi connectivity index (χ0n) is 13.6. The molecule has 2 fully saturated rings. The lowest BCUT2D eigenvalue weighted by Gasteiger charge is -2.35. The fourth-order valence-electron chi connectivity index (χ4n) is 3.51. The van der Waals surface area contributed by atoms with Crippen LogP contribution in [0.25, 0.3) is 0 Å². The largest absolute Gasteiger partial charge is 0.494 e. The Morgan fingerprint density at radius 2 is 2.09 bits per heavy atom. The third-order valence-electron chi connectivity index (χ3n) is 4.53. The number of nitrogens with two attached hydrogens (primary N) is 1. The molecule has 2 atom stereocenters. The zero-order chi connectivity index (χ0) is 16.2. The van der Waals surface area contributed by atoms with E-state index in [1.807, 2.05) is 19.1 Å². The van der Waals surface area contributed by atoms with Crippen LogP contribution in [0.2, 0.25) is 0 Å². The van der Waals surface area contributed by atoms with E-state index in [-0.39, 0.29) is 5.91 Å². The lowest BCUT2D eigenvalue weighted by Crippen LogP contribution is -2.49. The molecule has 2 saturated heterocycles. The quantitative estimate of drug-likeness (QED) is 0.767. The van der Waals surface area contributed by atoms with Crippen molar-refractivity contribution in [3.05, 3.63) is 24.3 Å². The Morgan fingerprint density at radius 3 is 2.70 bits per heavy atom. The van der Waals surface area contributed by atoms with Crippen molar-refractivity contribution < 1.29 is 9.53 Å². The summed E-state index contributed by atoms with van der Waals surface area (Å²) in [6.45, 7) is 5.10. The summed E-state index contributed by atoms with van der Waals surface area (Å²) < 4.78 is 5.50. The number of nitrogens with zero attached hydrogens (tertiary/aromatic N) is 2. The fourth-order valence-corrected chi connectivity index (χ4v) is 4.17. The highest BCUT2D eigenvalue weighted by Crippen LogP contribution is 2.35. The van der Waals surface area contributed by atoms with Crippen molar-refractivity contribution in [2.75, 3.05) is 42.6 Å². The molecule has 126 valence electrons. The van der Waals surface area contributed by atoms with Gasteiger partial charge in [0.25, 0.3) is 0 Å². The normalized spacial score (nSPS) is 22.7. The molecule has 1 aromatic rings. The number of thioether (sulfide) groups is 1. The van der Waals surface area contributed by atoms with Crippen LogP contribution in [0.1, 0.15) is 13.3 Å². The molecule has 2 aliphatic rings. The van der Waals surface area contributed by atoms with E-state index < -0.39 is 0 Å². The Labute approximate surface area is 142 Å². The number of ether oxygens (including phenoxy) is 1. The SMILES string of the molecule is CCOc1ccc(N2C[C@@H]3CC2CN3C(=O)CSCCN)cc1. The number of piperazine rings is 1. The van der Waals surface area contributed by atoms with E-state index in [1.54, 1.807) is 11.8 Å². The fraction of sp³-hybridized carbons (Fsp3) is 0.588. The van der Waals surface area contributed by atoms with E-state index in [2.05, 4.69) is 21.9 Å². The molecule has 0 saturated carbocycles. The average molecular weight is 335 g/mol. The maximum absolute atomic E-state index is 12.3. The van der Waals surface area contributed by atoms with Gasteiger partial charge in [-0.1, -0.05) is 0 Å². The second-order valence-corrected chi connectivity index (χ2v) is 7.12. The van der Waals surface area contributed by atoms with Crippen LogP contribution in [0, 0.1) is 0 Å². The van der Waals surface area contributed by atoms with Gasteiger partial charge in [-0.2, -0.15) is 11.8 Å². The highest BCUT2D eigenvalue weighted by Gasteiger charge is 2.44. The Balaban J connectivity index is 1.56. The third kappa shape index (κ3) is 3.58. The van der Waals surface area contributed by atoms with Gasteiger partial charge in [-0.25, -0.2) is 0 Å². The molecule has 1 amide bonds. The highest BCUT2D eigenvalue weighted by molar-refractivity contribution is 7.99. The van der Waals surface area contributed by atoms with Crippen molar-refractivity contribution in [2.45, 2.75) is 25.4 Å². The molecule has 0 aromatic heterocycles. The van der Waals surface area contributed by atoms with Gasteiger partial charge < -0.3 is 20.3 Å². The molecule has 0 aliphatic carbocycles. The number of carbonyl (C=O) groups is 1. The van der Waals surface area contributed by atoms with E-state index in [0.717, 1.165) is 31.0 Å². The number of hydrogen-bond acceptors (Lipinski definition) is 5. The second-order valence-electron chi connectivity index (χ2n) is 6.01. The molecule has 0 spiro atoms. The Morgan fingerprint density at radius 1 is 1.30 bits per heavy atom. The van der Waals surface area contributed by atoms with Crippen LogP contribution in [0.3, 0.4) is 0 Å². The lowest BCUT2D eigenvalue weighted by atomic mass is 10.2. The first-order chi connectivity index (χ1) is 11.2. The monoisotopic (exact) mass is 335 g/mol. The molecule has 1 unspecified atom stereocenters. The van der Waals surface area contributed by atoms with E-state index in [0.29, 0.717) is 31.0 Å². The van der Waals surface area contributed by atoms with Gasteiger partial charge in [0, 0.05) is 37.1 Å². The van der Waals surface area contributed by atoms with Crippen LogP contribution in [0.15, 0.2) is 24.3 Å². The number of fused-ring (bicyclic) bond motifs is 2. The Hall–Kier alpha value is -1.40. The molecule has 2 N–H and O–H groups in total. The standard InChI is InChI=1S/C17H25N3O2S/c1-2-22-16-5-3-13(4-6-16)19-10-15-9-14(19)11-20(15)17(21)12-23-8-7-18/h3-6,14-15H,2,7-12,18H2,1H3/t14?,15-/m0/s1. The van der Waals surface area contributed by atoms with Crippen molar-refractivity contribution in [2.24, 2.45) is 5.73 Å². The molecule has 5 nitrogen and oxygen atoms in total. The van der Waals surface area contributed by atoms with E-state index >= 15 is 0 Å². The Kier molecular flexibility index (Phi) is 5.33. The second kappa shape index (κ2) is 7.45. The van der Waals surface area contributed by atoms with Crippen molar-refractivity contribution in [1.82, 2.24) is 4.90 Å². The summed E-state index contributed by atoms with van der Waals surface area (Å²) >= 11 is 1.64. The van der Waals surface area contributed by atoms with Gasteiger partial charge in [-0.05, 0) is 37.6 Å². The first kappa shape index (κ1) is 16.5. The smallest absolute Gasteiger partial charge is 0.232 e. The maximum Gasteiger partial charge on any atom is 0.232 e. The molecular weight excluding hydrogens is 310 g/mol. The summed E-state index contributed by atoms with van der Waals surface area (Å²) in [5.41, 5.74) is 6.71. The molecule has 3 rings (SSSR count). The van der Waals surface area contributed by atoms with Crippen molar-refractivity contribution in [3.8, 4) is 5.75 Å².